The largest absolute Gasteiger partial charge is 0.414 e. The second kappa shape index (κ2) is 7.49. The predicted octanol–water partition coefficient (Wildman–Crippen LogP) is 4.93. The van der Waals surface area contributed by atoms with Gasteiger partial charge in [0.1, 0.15) is 17.8 Å². The van der Waals surface area contributed by atoms with Crippen molar-refractivity contribution in [1.82, 2.24) is 0 Å². The van der Waals surface area contributed by atoms with E-state index in [4.69, 9.17) is 23.1 Å². The zero-order valence-electron chi connectivity index (χ0n) is 19.4. The van der Waals surface area contributed by atoms with Crippen LogP contribution in [0.4, 0.5) is 0 Å². The Morgan fingerprint density at radius 1 is 0.963 bits per heavy atom. The summed E-state index contributed by atoms with van der Waals surface area (Å²) >= 11 is 0. The van der Waals surface area contributed by atoms with Crippen molar-refractivity contribution in [3.8, 4) is 0 Å². The molecule has 0 aromatic carbocycles. The second-order valence-electron chi connectivity index (χ2n) is 11.2. The van der Waals surface area contributed by atoms with Crippen molar-refractivity contribution >= 4 is 16.6 Å². The van der Waals surface area contributed by atoms with Gasteiger partial charge in [0, 0.05) is 13.5 Å². The maximum atomic E-state index is 6.86. The van der Waals surface area contributed by atoms with Gasteiger partial charge in [-0.25, -0.2) is 0 Å². The molecule has 0 aliphatic carbocycles. The van der Waals surface area contributed by atoms with Gasteiger partial charge in [-0.1, -0.05) is 41.5 Å². The zero-order chi connectivity index (χ0) is 20.9. The van der Waals surface area contributed by atoms with E-state index in [9.17, 15) is 0 Å². The fourth-order valence-electron chi connectivity index (χ4n) is 3.10. The smallest absolute Gasteiger partial charge is 0.192 e. The summed E-state index contributed by atoms with van der Waals surface area (Å²) in [6.45, 7) is 23.9. The van der Waals surface area contributed by atoms with Gasteiger partial charge >= 0.3 is 0 Å². The minimum Gasteiger partial charge on any atom is -0.414 e. The Kier molecular flexibility index (Phi) is 6.52. The quantitative estimate of drug-likeness (QED) is 0.572. The van der Waals surface area contributed by atoms with Crippen molar-refractivity contribution in [2.24, 2.45) is 0 Å². The third kappa shape index (κ3) is 4.39. The van der Waals surface area contributed by atoms with Crippen molar-refractivity contribution < 1.29 is 23.1 Å². The van der Waals surface area contributed by atoms with Crippen LogP contribution in [0.3, 0.4) is 0 Å². The SMILES string of the molecule is COC1O[C@H](CO[Si](C)(C)C(C)(C)C)C(O[Si](C)(C)C(C)(C)C)[C@]12CCO2. The van der Waals surface area contributed by atoms with E-state index in [0.717, 1.165) is 13.0 Å². The number of ether oxygens (including phenoxy) is 3. The lowest BCUT2D eigenvalue weighted by atomic mass is 9.87. The predicted molar refractivity (Wildman–Crippen MR) is 114 cm³/mol. The van der Waals surface area contributed by atoms with Crippen LogP contribution in [0.1, 0.15) is 48.0 Å². The Labute approximate surface area is 168 Å². The molecule has 7 heteroatoms. The van der Waals surface area contributed by atoms with Gasteiger partial charge in [-0.2, -0.15) is 0 Å². The first-order chi connectivity index (χ1) is 12.1. The maximum absolute atomic E-state index is 6.86. The van der Waals surface area contributed by atoms with Crippen LogP contribution in [0.15, 0.2) is 0 Å². The molecule has 2 fully saturated rings. The van der Waals surface area contributed by atoms with Crippen LogP contribution in [0.2, 0.25) is 36.3 Å². The first-order valence-electron chi connectivity index (χ1n) is 10.2. The summed E-state index contributed by atoms with van der Waals surface area (Å²) in [5.74, 6) is 0. The Hall–Kier alpha value is 0.234. The molecule has 5 nitrogen and oxygen atoms in total. The molecule has 0 aromatic heterocycles. The number of hydrogen-bond donors (Lipinski definition) is 0. The summed E-state index contributed by atoms with van der Waals surface area (Å²) in [5, 5.41) is 0.278. The summed E-state index contributed by atoms with van der Waals surface area (Å²) < 4.78 is 31.4. The molecule has 4 atom stereocenters. The lowest BCUT2D eigenvalue weighted by Gasteiger charge is -2.49. The molecule has 2 aliphatic rings. The third-order valence-electron chi connectivity index (χ3n) is 7.24. The van der Waals surface area contributed by atoms with Crippen LogP contribution in [0.25, 0.3) is 0 Å². The first-order valence-corrected chi connectivity index (χ1v) is 16.0. The van der Waals surface area contributed by atoms with Gasteiger partial charge in [0.2, 0.25) is 0 Å². The minimum atomic E-state index is -2.00. The molecule has 2 rings (SSSR count). The van der Waals surface area contributed by atoms with Gasteiger partial charge < -0.3 is 23.1 Å². The van der Waals surface area contributed by atoms with Crippen molar-refractivity contribution in [1.29, 1.82) is 0 Å². The average molecular weight is 419 g/mol. The van der Waals surface area contributed by atoms with E-state index in [1.807, 2.05) is 0 Å². The standard InChI is InChI=1S/C20H42O5Si2/c1-18(2,3)26(8,9)23-14-15-16(25-27(10,11)19(4,5)6)20(12-13-22-20)17(21-7)24-15/h15-17H,12-14H2,1-11H3/t15-,16?,17?,20-/m1/s1. The van der Waals surface area contributed by atoms with E-state index in [-0.39, 0.29) is 22.3 Å². The Bertz CT molecular complexity index is 517. The number of rotatable bonds is 6. The van der Waals surface area contributed by atoms with E-state index in [0.29, 0.717) is 6.61 Å². The highest BCUT2D eigenvalue weighted by atomic mass is 28.4. The van der Waals surface area contributed by atoms with Crippen LogP contribution in [0, 0.1) is 0 Å². The zero-order valence-corrected chi connectivity index (χ0v) is 21.4. The summed E-state index contributed by atoms with van der Waals surface area (Å²) in [6.07, 6.45) is 0.191. The molecule has 0 N–H and O–H groups in total. The molecule has 2 aliphatic heterocycles. The van der Waals surface area contributed by atoms with Crippen LogP contribution in [-0.4, -0.2) is 61.1 Å². The highest BCUT2D eigenvalue weighted by Gasteiger charge is 2.64. The molecule has 160 valence electrons. The molecule has 0 aromatic rings. The number of hydrogen-bond acceptors (Lipinski definition) is 5. The van der Waals surface area contributed by atoms with Gasteiger partial charge in [0.25, 0.3) is 0 Å². The van der Waals surface area contributed by atoms with Gasteiger partial charge in [0.05, 0.1) is 13.2 Å². The molecular formula is C20H42O5Si2. The topological polar surface area (TPSA) is 46.2 Å². The van der Waals surface area contributed by atoms with Gasteiger partial charge in [0.15, 0.2) is 22.9 Å². The van der Waals surface area contributed by atoms with Crippen LogP contribution < -0.4 is 0 Å². The Morgan fingerprint density at radius 2 is 1.48 bits per heavy atom. The molecule has 0 amide bonds. The molecule has 27 heavy (non-hydrogen) atoms. The van der Waals surface area contributed by atoms with E-state index < -0.39 is 28.5 Å². The summed E-state index contributed by atoms with van der Waals surface area (Å²) in [4.78, 5) is 0. The van der Waals surface area contributed by atoms with Gasteiger partial charge in [-0.15, -0.1) is 0 Å². The molecule has 0 radical (unpaired) electrons. The van der Waals surface area contributed by atoms with Crippen LogP contribution in [-0.2, 0) is 23.1 Å². The monoisotopic (exact) mass is 418 g/mol. The highest BCUT2D eigenvalue weighted by molar-refractivity contribution is 6.74. The van der Waals surface area contributed by atoms with Crippen molar-refractivity contribution in [2.75, 3.05) is 20.3 Å². The summed E-state index contributed by atoms with van der Waals surface area (Å²) in [7, 11) is -2.18. The molecule has 2 saturated heterocycles. The van der Waals surface area contributed by atoms with E-state index in [2.05, 4.69) is 67.7 Å². The first kappa shape index (κ1) is 23.5. The summed E-state index contributed by atoms with van der Waals surface area (Å²) in [5.41, 5.74) is -0.494. The molecule has 1 spiro atoms. The molecular weight excluding hydrogens is 376 g/mol. The lowest BCUT2D eigenvalue weighted by molar-refractivity contribution is -0.266. The second-order valence-corrected chi connectivity index (χ2v) is 20.7. The lowest BCUT2D eigenvalue weighted by Crippen LogP contribution is -2.62. The normalized spacial score (nSPS) is 32.8. The van der Waals surface area contributed by atoms with E-state index in [1.54, 1.807) is 7.11 Å². The molecule has 2 heterocycles. The fraction of sp³-hybridized carbons (Fsp3) is 1.00. The Morgan fingerprint density at radius 3 is 1.85 bits per heavy atom. The molecule has 2 unspecified atom stereocenters. The molecule has 0 saturated carbocycles. The maximum Gasteiger partial charge on any atom is 0.192 e. The fourth-order valence-corrected chi connectivity index (χ4v) is 5.45. The van der Waals surface area contributed by atoms with Crippen molar-refractivity contribution in [3.05, 3.63) is 0 Å². The average Bonchev–Trinajstić information content (AvgIpc) is 2.75. The van der Waals surface area contributed by atoms with Crippen LogP contribution >= 0.6 is 0 Å². The third-order valence-corrected chi connectivity index (χ3v) is 16.2. The van der Waals surface area contributed by atoms with Crippen LogP contribution in [0.5, 0.6) is 0 Å². The number of methoxy groups -OCH3 is 1. The highest BCUT2D eigenvalue weighted by Crippen LogP contribution is 2.49. The summed E-state index contributed by atoms with van der Waals surface area (Å²) in [6, 6.07) is 0. The van der Waals surface area contributed by atoms with E-state index in [1.165, 1.54) is 0 Å². The van der Waals surface area contributed by atoms with Gasteiger partial charge in [-0.3, -0.25) is 0 Å². The van der Waals surface area contributed by atoms with E-state index >= 15 is 0 Å². The van der Waals surface area contributed by atoms with Crippen molar-refractivity contribution in [2.45, 2.75) is 108 Å². The van der Waals surface area contributed by atoms with Crippen molar-refractivity contribution in [3.63, 3.8) is 0 Å². The van der Waals surface area contributed by atoms with Gasteiger partial charge in [-0.05, 0) is 36.3 Å². The minimum absolute atomic E-state index is 0.119. The molecule has 0 bridgehead atoms. The Balaban J connectivity index is 2.24.